The minimum atomic E-state index is 0.415. The third-order valence-electron chi connectivity index (χ3n) is 2.50. The van der Waals surface area contributed by atoms with Crippen molar-refractivity contribution in [2.24, 2.45) is 0 Å². The Morgan fingerprint density at radius 1 is 1.38 bits per heavy atom. The zero-order valence-corrected chi connectivity index (χ0v) is 11.3. The smallest absolute Gasteiger partial charge is 0.0525 e. The molecule has 0 aliphatic rings. The van der Waals surface area contributed by atoms with E-state index in [1.165, 1.54) is 16.2 Å². The Hall–Kier alpha value is -0.780. The highest BCUT2D eigenvalue weighted by molar-refractivity contribution is 7.12. The summed E-state index contributed by atoms with van der Waals surface area (Å²) < 4.78 is 0. The monoisotopic (exact) mass is 235 g/mol. The van der Waals surface area contributed by atoms with Crippen molar-refractivity contribution in [2.45, 2.75) is 46.1 Å². The second-order valence-corrected chi connectivity index (χ2v) is 5.00. The van der Waals surface area contributed by atoms with Gasteiger partial charge in [-0.2, -0.15) is 0 Å². The number of aryl methyl sites for hydroxylation is 1. The maximum atomic E-state index is 3.57. The molecule has 1 aromatic rings. The van der Waals surface area contributed by atoms with Crippen LogP contribution in [0.25, 0.3) is 0 Å². The molecule has 1 heterocycles. The van der Waals surface area contributed by atoms with Crippen molar-refractivity contribution in [1.82, 2.24) is 5.32 Å². The molecule has 0 fully saturated rings. The van der Waals surface area contributed by atoms with Crippen molar-refractivity contribution in [2.75, 3.05) is 6.54 Å². The van der Waals surface area contributed by atoms with Crippen LogP contribution in [0.3, 0.4) is 0 Å². The van der Waals surface area contributed by atoms with E-state index in [9.17, 15) is 0 Å². The van der Waals surface area contributed by atoms with Crippen LogP contribution in [0.4, 0.5) is 0 Å². The predicted molar refractivity (Wildman–Crippen MR) is 72.8 cm³/mol. The molecule has 0 radical (unpaired) electrons. The minimum absolute atomic E-state index is 0.415. The van der Waals surface area contributed by atoms with Crippen LogP contribution in [0.5, 0.6) is 0 Å². The third kappa shape index (κ3) is 4.00. The van der Waals surface area contributed by atoms with Crippen molar-refractivity contribution in [3.8, 4) is 11.8 Å². The molecule has 88 valence electrons. The molecular weight excluding hydrogens is 214 g/mol. The lowest BCUT2D eigenvalue weighted by atomic mass is 10.1. The molecule has 2 heteroatoms. The van der Waals surface area contributed by atoms with Crippen molar-refractivity contribution in [3.63, 3.8) is 0 Å². The van der Waals surface area contributed by atoms with Gasteiger partial charge in [0.15, 0.2) is 0 Å². The highest BCUT2D eigenvalue weighted by Gasteiger charge is 2.11. The number of nitrogens with one attached hydrogen (secondary N) is 1. The van der Waals surface area contributed by atoms with Gasteiger partial charge in [0, 0.05) is 16.2 Å². The standard InChI is InChI=1S/C14H21NS/c1-4-7-8-13(15-11-5-2)14-10-9-12(6-3)16-14/h9-10,13,15H,5-6,8,11H2,1-3H3. The molecule has 0 aliphatic carbocycles. The number of hydrogen-bond donors (Lipinski definition) is 1. The molecule has 0 saturated carbocycles. The van der Waals surface area contributed by atoms with Gasteiger partial charge >= 0.3 is 0 Å². The van der Waals surface area contributed by atoms with E-state index in [4.69, 9.17) is 0 Å². The molecule has 1 atom stereocenters. The Balaban J connectivity index is 2.68. The Kier molecular flexibility index (Phi) is 6.22. The van der Waals surface area contributed by atoms with Gasteiger partial charge in [-0.1, -0.05) is 13.8 Å². The lowest BCUT2D eigenvalue weighted by molar-refractivity contribution is 0.550. The molecule has 0 aromatic carbocycles. The maximum Gasteiger partial charge on any atom is 0.0525 e. The van der Waals surface area contributed by atoms with Gasteiger partial charge in [0.25, 0.3) is 0 Å². The Labute approximate surface area is 103 Å². The van der Waals surface area contributed by atoms with E-state index in [2.05, 4.69) is 43.1 Å². The summed E-state index contributed by atoms with van der Waals surface area (Å²) in [5, 5.41) is 3.57. The van der Waals surface area contributed by atoms with Gasteiger partial charge in [0.2, 0.25) is 0 Å². The zero-order valence-electron chi connectivity index (χ0n) is 10.5. The van der Waals surface area contributed by atoms with Gasteiger partial charge in [0.1, 0.15) is 0 Å². The van der Waals surface area contributed by atoms with E-state index in [-0.39, 0.29) is 0 Å². The molecule has 0 aliphatic heterocycles. The molecule has 1 nitrogen and oxygen atoms in total. The van der Waals surface area contributed by atoms with Crippen LogP contribution in [0, 0.1) is 11.8 Å². The largest absolute Gasteiger partial charge is 0.308 e. The lowest BCUT2D eigenvalue weighted by Gasteiger charge is -2.13. The number of thiophene rings is 1. The second-order valence-electron chi connectivity index (χ2n) is 3.80. The molecule has 1 rings (SSSR count). The average Bonchev–Trinajstić information content (AvgIpc) is 2.78. The highest BCUT2D eigenvalue weighted by atomic mass is 32.1. The summed E-state index contributed by atoms with van der Waals surface area (Å²) in [5.74, 6) is 6.16. The summed E-state index contributed by atoms with van der Waals surface area (Å²) in [6, 6.07) is 4.89. The van der Waals surface area contributed by atoms with E-state index in [0.29, 0.717) is 6.04 Å². The van der Waals surface area contributed by atoms with Crippen LogP contribution in [0.1, 0.15) is 49.4 Å². The molecule has 0 bridgehead atoms. The third-order valence-corrected chi connectivity index (χ3v) is 3.84. The fraction of sp³-hybridized carbons (Fsp3) is 0.571. The molecule has 1 N–H and O–H groups in total. The van der Waals surface area contributed by atoms with Crippen molar-refractivity contribution >= 4 is 11.3 Å². The fourth-order valence-corrected chi connectivity index (χ4v) is 2.60. The summed E-state index contributed by atoms with van der Waals surface area (Å²) in [4.78, 5) is 2.89. The Morgan fingerprint density at radius 3 is 2.75 bits per heavy atom. The minimum Gasteiger partial charge on any atom is -0.308 e. The van der Waals surface area contributed by atoms with Crippen molar-refractivity contribution in [1.29, 1.82) is 0 Å². The molecule has 1 unspecified atom stereocenters. The van der Waals surface area contributed by atoms with Crippen LogP contribution < -0.4 is 5.32 Å². The SMILES string of the molecule is CC#CCC(NCCC)c1ccc(CC)s1. The average molecular weight is 235 g/mol. The quantitative estimate of drug-likeness (QED) is 0.740. The molecular formula is C14H21NS. The predicted octanol–water partition coefficient (Wildman–Crippen LogP) is 3.76. The first-order valence-electron chi connectivity index (χ1n) is 6.03. The Morgan fingerprint density at radius 2 is 2.19 bits per heavy atom. The molecule has 16 heavy (non-hydrogen) atoms. The van der Waals surface area contributed by atoms with Gasteiger partial charge in [0.05, 0.1) is 6.04 Å². The van der Waals surface area contributed by atoms with E-state index < -0.39 is 0 Å². The summed E-state index contributed by atoms with van der Waals surface area (Å²) in [7, 11) is 0. The summed E-state index contributed by atoms with van der Waals surface area (Å²) in [5.41, 5.74) is 0. The van der Waals surface area contributed by atoms with Crippen LogP contribution in [0.2, 0.25) is 0 Å². The van der Waals surface area contributed by atoms with Crippen LogP contribution in [0.15, 0.2) is 12.1 Å². The van der Waals surface area contributed by atoms with E-state index in [0.717, 1.165) is 19.4 Å². The first-order valence-corrected chi connectivity index (χ1v) is 6.85. The fourth-order valence-electron chi connectivity index (χ4n) is 1.57. The first-order chi connectivity index (χ1) is 7.81. The van der Waals surface area contributed by atoms with Crippen LogP contribution in [-0.2, 0) is 6.42 Å². The zero-order chi connectivity index (χ0) is 11.8. The molecule has 0 spiro atoms. The molecule has 0 saturated heterocycles. The summed E-state index contributed by atoms with van der Waals surface area (Å²) in [6.07, 6.45) is 3.22. The first kappa shape index (κ1) is 13.3. The van der Waals surface area contributed by atoms with Gasteiger partial charge in [-0.15, -0.1) is 23.2 Å². The van der Waals surface area contributed by atoms with Crippen molar-refractivity contribution < 1.29 is 0 Å². The van der Waals surface area contributed by atoms with Crippen LogP contribution >= 0.6 is 11.3 Å². The summed E-state index contributed by atoms with van der Waals surface area (Å²) in [6.45, 7) is 7.37. The van der Waals surface area contributed by atoms with Crippen molar-refractivity contribution in [3.05, 3.63) is 21.9 Å². The molecule has 1 aromatic heterocycles. The van der Waals surface area contributed by atoms with Gasteiger partial charge < -0.3 is 5.32 Å². The van der Waals surface area contributed by atoms with Gasteiger partial charge in [-0.05, 0) is 38.4 Å². The number of rotatable bonds is 6. The van der Waals surface area contributed by atoms with Crippen LogP contribution in [-0.4, -0.2) is 6.54 Å². The van der Waals surface area contributed by atoms with Gasteiger partial charge in [-0.25, -0.2) is 0 Å². The van der Waals surface area contributed by atoms with E-state index >= 15 is 0 Å². The topological polar surface area (TPSA) is 12.0 Å². The summed E-state index contributed by atoms with van der Waals surface area (Å²) >= 11 is 1.91. The number of hydrogen-bond acceptors (Lipinski definition) is 2. The molecule has 0 amide bonds. The maximum absolute atomic E-state index is 3.57. The highest BCUT2D eigenvalue weighted by Crippen LogP contribution is 2.25. The van der Waals surface area contributed by atoms with E-state index in [1.807, 2.05) is 18.3 Å². The van der Waals surface area contributed by atoms with Gasteiger partial charge in [-0.3, -0.25) is 0 Å². The normalized spacial score (nSPS) is 11.9. The van der Waals surface area contributed by atoms with E-state index in [1.54, 1.807) is 0 Å². The second kappa shape index (κ2) is 7.49. The Bertz CT molecular complexity index is 356. The lowest BCUT2D eigenvalue weighted by Crippen LogP contribution is -2.20.